The number of hydrogen-bond acceptors (Lipinski definition) is 2. The van der Waals surface area contributed by atoms with Crippen molar-refractivity contribution >= 4 is 34.0 Å². The minimum absolute atomic E-state index is 0.0636. The molecule has 4 rings (SSSR count). The zero-order valence-electron chi connectivity index (χ0n) is 14.1. The number of fused-ring (bicyclic) bond motifs is 1. The molecular formula is C20H18Cl2N2O. The number of rotatable bonds is 3. The first-order valence-electron chi connectivity index (χ1n) is 8.32. The number of nitrogens with zero attached hydrogens (tertiary/aromatic N) is 2. The normalized spacial score (nSPS) is 18.5. The predicted molar refractivity (Wildman–Crippen MR) is 103 cm³/mol. The molecule has 128 valence electrons. The van der Waals surface area contributed by atoms with Gasteiger partial charge in [-0.1, -0.05) is 35.9 Å². The molecule has 1 fully saturated rings. The van der Waals surface area contributed by atoms with Crippen LogP contribution in [0.3, 0.4) is 0 Å². The van der Waals surface area contributed by atoms with Crippen LogP contribution in [0.1, 0.15) is 17.5 Å². The summed E-state index contributed by atoms with van der Waals surface area (Å²) < 4.78 is 0.794. The number of benzene rings is 2. The Labute approximate surface area is 156 Å². The van der Waals surface area contributed by atoms with Gasteiger partial charge >= 0.3 is 0 Å². The summed E-state index contributed by atoms with van der Waals surface area (Å²) in [7, 11) is 0. The van der Waals surface area contributed by atoms with E-state index in [0.717, 1.165) is 27.8 Å². The van der Waals surface area contributed by atoms with Crippen LogP contribution in [0.15, 0.2) is 47.3 Å². The van der Waals surface area contributed by atoms with Gasteiger partial charge in [-0.05, 0) is 38.0 Å². The summed E-state index contributed by atoms with van der Waals surface area (Å²) in [6.45, 7) is 4.55. The topological polar surface area (TPSA) is 34.9 Å². The maximum absolute atomic E-state index is 12.9. The molecule has 0 unspecified atom stereocenters. The van der Waals surface area contributed by atoms with E-state index < -0.39 is 4.33 Å². The highest BCUT2D eigenvalue weighted by Crippen LogP contribution is 2.53. The zero-order chi connectivity index (χ0) is 17.8. The van der Waals surface area contributed by atoms with Crippen LogP contribution in [0, 0.1) is 19.8 Å². The molecule has 1 heterocycles. The molecule has 1 aliphatic rings. The lowest BCUT2D eigenvalue weighted by atomic mass is 9.99. The van der Waals surface area contributed by atoms with Crippen molar-refractivity contribution < 1.29 is 0 Å². The number of alkyl halides is 2. The number of aryl methyl sites for hydroxylation is 2. The van der Waals surface area contributed by atoms with Gasteiger partial charge in [0.1, 0.15) is 4.33 Å². The van der Waals surface area contributed by atoms with Crippen molar-refractivity contribution in [1.82, 2.24) is 9.78 Å². The van der Waals surface area contributed by atoms with Gasteiger partial charge in [0.25, 0.3) is 5.56 Å². The van der Waals surface area contributed by atoms with Gasteiger partial charge in [-0.3, -0.25) is 4.79 Å². The molecule has 2 aromatic carbocycles. The molecule has 0 spiro atoms. The minimum Gasteiger partial charge on any atom is -0.267 e. The predicted octanol–water partition coefficient (Wildman–Crippen LogP) is 4.87. The fourth-order valence-corrected chi connectivity index (χ4v) is 3.74. The molecule has 0 radical (unpaired) electrons. The Balaban J connectivity index is 1.95. The Hall–Kier alpha value is -1.84. The molecule has 1 atom stereocenters. The van der Waals surface area contributed by atoms with Gasteiger partial charge in [-0.15, -0.1) is 23.2 Å². The van der Waals surface area contributed by atoms with Crippen molar-refractivity contribution in [3.63, 3.8) is 0 Å². The summed E-state index contributed by atoms with van der Waals surface area (Å²) in [4.78, 5) is 12.9. The molecule has 3 nitrogen and oxygen atoms in total. The van der Waals surface area contributed by atoms with Gasteiger partial charge in [0, 0.05) is 16.9 Å². The minimum atomic E-state index is -0.730. The third-order valence-electron chi connectivity index (χ3n) is 4.86. The smallest absolute Gasteiger partial charge is 0.267 e. The van der Waals surface area contributed by atoms with Crippen LogP contribution in [0.4, 0.5) is 0 Å². The van der Waals surface area contributed by atoms with E-state index >= 15 is 0 Å². The summed E-state index contributed by atoms with van der Waals surface area (Å²) in [5.41, 5.74) is 4.06. The van der Waals surface area contributed by atoms with Gasteiger partial charge in [-0.2, -0.15) is 5.10 Å². The first-order chi connectivity index (χ1) is 11.9. The second-order valence-corrected chi connectivity index (χ2v) is 8.40. The highest BCUT2D eigenvalue weighted by molar-refractivity contribution is 6.50. The van der Waals surface area contributed by atoms with Crippen LogP contribution >= 0.6 is 23.2 Å². The van der Waals surface area contributed by atoms with Crippen LogP contribution in [-0.4, -0.2) is 14.1 Å². The van der Waals surface area contributed by atoms with Crippen molar-refractivity contribution in [3.8, 4) is 11.3 Å². The second-order valence-electron chi connectivity index (χ2n) is 6.86. The molecule has 0 N–H and O–H groups in total. The van der Waals surface area contributed by atoms with E-state index in [0.29, 0.717) is 18.4 Å². The lowest BCUT2D eigenvalue weighted by Crippen LogP contribution is -2.25. The van der Waals surface area contributed by atoms with Crippen molar-refractivity contribution in [1.29, 1.82) is 0 Å². The van der Waals surface area contributed by atoms with Crippen LogP contribution < -0.4 is 5.56 Å². The van der Waals surface area contributed by atoms with E-state index in [1.807, 2.05) is 24.3 Å². The number of aromatic nitrogens is 2. The average Bonchev–Trinajstić information content (AvgIpc) is 3.19. The van der Waals surface area contributed by atoms with Gasteiger partial charge in [0.15, 0.2) is 0 Å². The van der Waals surface area contributed by atoms with Gasteiger partial charge < -0.3 is 0 Å². The lowest BCUT2D eigenvalue weighted by Gasteiger charge is -2.13. The van der Waals surface area contributed by atoms with Crippen LogP contribution in [0.2, 0.25) is 0 Å². The van der Waals surface area contributed by atoms with Gasteiger partial charge in [0.2, 0.25) is 0 Å². The van der Waals surface area contributed by atoms with Gasteiger partial charge in [-0.25, -0.2) is 4.68 Å². The third kappa shape index (κ3) is 2.96. The zero-order valence-corrected chi connectivity index (χ0v) is 15.6. The maximum Gasteiger partial charge on any atom is 0.274 e. The molecule has 1 aliphatic carbocycles. The van der Waals surface area contributed by atoms with E-state index in [2.05, 4.69) is 32.0 Å². The fourth-order valence-electron chi connectivity index (χ4n) is 3.23. The molecular weight excluding hydrogens is 355 g/mol. The van der Waals surface area contributed by atoms with E-state index in [4.69, 9.17) is 28.3 Å². The molecule has 5 heteroatoms. The molecule has 1 saturated carbocycles. The van der Waals surface area contributed by atoms with Crippen molar-refractivity contribution in [3.05, 3.63) is 63.9 Å². The summed E-state index contributed by atoms with van der Waals surface area (Å²) in [6.07, 6.45) is 0.690. The van der Waals surface area contributed by atoms with Crippen LogP contribution in [0.5, 0.6) is 0 Å². The molecule has 0 bridgehead atoms. The SMILES string of the molecule is Cc1ccc(C)c(-c2nn(C[C@@H]3CC3(Cl)Cl)c(=O)c3ccccc23)c1. The second kappa shape index (κ2) is 5.86. The summed E-state index contributed by atoms with van der Waals surface area (Å²) >= 11 is 12.3. The molecule has 3 aromatic rings. The molecule has 0 saturated heterocycles. The van der Waals surface area contributed by atoms with E-state index in [1.54, 1.807) is 0 Å². The Morgan fingerprint density at radius 2 is 1.84 bits per heavy atom. The first kappa shape index (κ1) is 16.6. The van der Waals surface area contributed by atoms with Gasteiger partial charge in [0.05, 0.1) is 17.6 Å². The standard InChI is InChI=1S/C20H18Cl2N2O/c1-12-7-8-13(2)17(9-12)18-15-5-3-4-6-16(15)19(25)24(23-18)11-14-10-20(14,21)22/h3-9,14H,10-11H2,1-2H3/t14-/m0/s1. The monoisotopic (exact) mass is 372 g/mol. The highest BCUT2D eigenvalue weighted by atomic mass is 35.5. The quantitative estimate of drug-likeness (QED) is 0.614. The maximum atomic E-state index is 12.9. The first-order valence-corrected chi connectivity index (χ1v) is 9.08. The summed E-state index contributed by atoms with van der Waals surface area (Å²) in [5, 5.41) is 6.25. The molecule has 1 aromatic heterocycles. The van der Waals surface area contributed by atoms with E-state index in [1.165, 1.54) is 4.68 Å². The van der Waals surface area contributed by atoms with E-state index in [9.17, 15) is 4.79 Å². The number of hydrogen-bond donors (Lipinski definition) is 0. The van der Waals surface area contributed by atoms with Crippen molar-refractivity contribution in [2.75, 3.05) is 0 Å². The fraction of sp³-hybridized carbons (Fsp3) is 0.300. The van der Waals surface area contributed by atoms with Crippen molar-refractivity contribution in [2.45, 2.75) is 31.1 Å². The Bertz CT molecular complexity index is 1040. The molecule has 0 aliphatic heterocycles. The molecule has 25 heavy (non-hydrogen) atoms. The average molecular weight is 373 g/mol. The summed E-state index contributed by atoms with van der Waals surface area (Å²) in [6, 6.07) is 13.9. The highest BCUT2D eigenvalue weighted by Gasteiger charge is 2.51. The van der Waals surface area contributed by atoms with Crippen LogP contribution in [-0.2, 0) is 6.54 Å². The Morgan fingerprint density at radius 1 is 1.16 bits per heavy atom. The largest absolute Gasteiger partial charge is 0.274 e. The molecule has 0 amide bonds. The van der Waals surface area contributed by atoms with E-state index in [-0.39, 0.29) is 11.5 Å². The summed E-state index contributed by atoms with van der Waals surface area (Å²) in [5.74, 6) is 0.0636. The number of halogens is 2. The van der Waals surface area contributed by atoms with Crippen LogP contribution in [0.25, 0.3) is 22.0 Å². The lowest BCUT2D eigenvalue weighted by molar-refractivity contribution is 0.537. The Kier molecular flexibility index (Phi) is 3.89. The van der Waals surface area contributed by atoms with Crippen molar-refractivity contribution in [2.24, 2.45) is 5.92 Å². The third-order valence-corrected chi connectivity index (χ3v) is 5.79. The Morgan fingerprint density at radius 3 is 2.52 bits per heavy atom.